The van der Waals surface area contributed by atoms with E-state index in [-0.39, 0.29) is 17.2 Å². The molecule has 2 aromatic heterocycles. The third kappa shape index (κ3) is 2.87. The van der Waals surface area contributed by atoms with Gasteiger partial charge in [-0.15, -0.1) is 11.3 Å². The topological polar surface area (TPSA) is 63.5 Å². The molecule has 1 amide bonds. The van der Waals surface area contributed by atoms with Gasteiger partial charge in [-0.05, 0) is 31.5 Å². The first-order chi connectivity index (χ1) is 11.0. The number of benzene rings is 1. The largest absolute Gasteiger partial charge is 0.316 e. The van der Waals surface area contributed by atoms with E-state index in [2.05, 4.69) is 10.3 Å². The Kier molecular flexibility index (Phi) is 4.19. The molecule has 1 aromatic carbocycles. The molecule has 5 nitrogen and oxygen atoms in total. The molecule has 118 valence electrons. The number of nitrogens with zero attached hydrogens (tertiary/aromatic N) is 2. The number of hydrogen-bond donors (Lipinski definition) is 1. The Morgan fingerprint density at radius 2 is 2.22 bits per heavy atom. The molecule has 3 aromatic rings. The first-order valence-corrected chi connectivity index (χ1v) is 8.33. The summed E-state index contributed by atoms with van der Waals surface area (Å²) in [5, 5.41) is 5.04. The smallest absolute Gasteiger partial charge is 0.282 e. The standard InChI is InChI=1S/C16H14ClN3O2S/c1-3-12-8-23-16-18-9(2)13(15(22)20(12)16)19-14(21)10-5-4-6-11(17)7-10/h4-8H,3H2,1-2H3,(H,19,21). The molecule has 0 atom stereocenters. The quantitative estimate of drug-likeness (QED) is 0.788. The monoisotopic (exact) mass is 347 g/mol. The third-order valence-electron chi connectivity index (χ3n) is 3.51. The van der Waals surface area contributed by atoms with E-state index in [1.54, 1.807) is 35.6 Å². The van der Waals surface area contributed by atoms with Crippen molar-refractivity contribution in [1.82, 2.24) is 9.38 Å². The van der Waals surface area contributed by atoms with Crippen LogP contribution in [-0.4, -0.2) is 15.3 Å². The van der Waals surface area contributed by atoms with E-state index in [0.717, 1.165) is 5.69 Å². The number of amides is 1. The van der Waals surface area contributed by atoms with Crippen LogP contribution in [0, 0.1) is 6.92 Å². The first-order valence-electron chi connectivity index (χ1n) is 7.08. The van der Waals surface area contributed by atoms with Crippen LogP contribution in [0.2, 0.25) is 5.02 Å². The maximum absolute atomic E-state index is 12.7. The van der Waals surface area contributed by atoms with Crippen LogP contribution in [0.15, 0.2) is 34.4 Å². The number of anilines is 1. The Labute approximate surface area is 141 Å². The van der Waals surface area contributed by atoms with Gasteiger partial charge in [0.2, 0.25) is 0 Å². The molecule has 3 rings (SSSR count). The summed E-state index contributed by atoms with van der Waals surface area (Å²) < 4.78 is 1.55. The number of carbonyl (C=O) groups excluding carboxylic acids is 1. The summed E-state index contributed by atoms with van der Waals surface area (Å²) in [6, 6.07) is 6.57. The second-order valence-electron chi connectivity index (χ2n) is 5.04. The van der Waals surface area contributed by atoms with Gasteiger partial charge in [0.05, 0.1) is 5.69 Å². The molecule has 7 heteroatoms. The van der Waals surface area contributed by atoms with Crippen molar-refractivity contribution < 1.29 is 4.79 Å². The van der Waals surface area contributed by atoms with Crippen molar-refractivity contribution in [3.8, 4) is 0 Å². The van der Waals surface area contributed by atoms with Gasteiger partial charge in [-0.1, -0.05) is 24.6 Å². The normalized spacial score (nSPS) is 10.9. The number of thiazole rings is 1. The Morgan fingerprint density at radius 3 is 2.91 bits per heavy atom. The summed E-state index contributed by atoms with van der Waals surface area (Å²) in [6.45, 7) is 3.68. The lowest BCUT2D eigenvalue weighted by Crippen LogP contribution is -2.25. The van der Waals surface area contributed by atoms with Gasteiger partial charge in [0.15, 0.2) is 4.96 Å². The fourth-order valence-electron chi connectivity index (χ4n) is 2.31. The van der Waals surface area contributed by atoms with E-state index in [4.69, 9.17) is 11.6 Å². The zero-order valence-corrected chi connectivity index (χ0v) is 14.2. The molecule has 0 radical (unpaired) electrons. The van der Waals surface area contributed by atoms with Gasteiger partial charge in [0.1, 0.15) is 5.69 Å². The van der Waals surface area contributed by atoms with E-state index in [1.807, 2.05) is 12.3 Å². The molecule has 0 unspecified atom stereocenters. The summed E-state index contributed by atoms with van der Waals surface area (Å²) in [7, 11) is 0. The van der Waals surface area contributed by atoms with Crippen molar-refractivity contribution in [1.29, 1.82) is 0 Å². The van der Waals surface area contributed by atoms with E-state index in [9.17, 15) is 9.59 Å². The fourth-order valence-corrected chi connectivity index (χ4v) is 3.51. The molecule has 0 aliphatic carbocycles. The van der Waals surface area contributed by atoms with Crippen LogP contribution < -0.4 is 10.9 Å². The molecule has 0 bridgehead atoms. The molecule has 0 fully saturated rings. The predicted octanol–water partition coefficient (Wildman–Crippen LogP) is 3.53. The van der Waals surface area contributed by atoms with Gasteiger partial charge in [-0.3, -0.25) is 14.0 Å². The number of halogens is 1. The van der Waals surface area contributed by atoms with Crippen molar-refractivity contribution in [2.45, 2.75) is 20.3 Å². The van der Waals surface area contributed by atoms with Gasteiger partial charge in [0.25, 0.3) is 11.5 Å². The van der Waals surface area contributed by atoms with Crippen molar-refractivity contribution >= 4 is 39.5 Å². The molecule has 0 saturated carbocycles. The van der Waals surface area contributed by atoms with Crippen LogP contribution >= 0.6 is 22.9 Å². The highest BCUT2D eigenvalue weighted by atomic mass is 35.5. The van der Waals surface area contributed by atoms with E-state index in [0.29, 0.717) is 27.7 Å². The van der Waals surface area contributed by atoms with E-state index < -0.39 is 0 Å². The Balaban J connectivity index is 2.06. The number of aromatic nitrogens is 2. The number of aryl methyl sites for hydroxylation is 2. The third-order valence-corrected chi connectivity index (χ3v) is 4.62. The van der Waals surface area contributed by atoms with Crippen LogP contribution in [0.5, 0.6) is 0 Å². The Bertz CT molecular complexity index is 962. The van der Waals surface area contributed by atoms with Crippen LogP contribution in [0.1, 0.15) is 28.7 Å². The summed E-state index contributed by atoms with van der Waals surface area (Å²) >= 11 is 7.32. The molecule has 0 saturated heterocycles. The average Bonchev–Trinajstić information content (AvgIpc) is 2.94. The van der Waals surface area contributed by atoms with Crippen molar-refractivity contribution in [3.05, 3.63) is 62.0 Å². The van der Waals surface area contributed by atoms with Crippen molar-refractivity contribution in [3.63, 3.8) is 0 Å². The van der Waals surface area contributed by atoms with Gasteiger partial charge in [-0.2, -0.15) is 0 Å². The molecule has 23 heavy (non-hydrogen) atoms. The number of nitrogens with one attached hydrogen (secondary N) is 1. The lowest BCUT2D eigenvalue weighted by molar-refractivity contribution is 0.102. The van der Waals surface area contributed by atoms with Crippen LogP contribution in [0.3, 0.4) is 0 Å². The van der Waals surface area contributed by atoms with E-state index >= 15 is 0 Å². The number of fused-ring (bicyclic) bond motifs is 1. The minimum absolute atomic E-state index is 0.195. The Hall–Kier alpha value is -2.18. The second kappa shape index (κ2) is 6.14. The van der Waals surface area contributed by atoms with Crippen LogP contribution in [0.4, 0.5) is 5.69 Å². The highest BCUT2D eigenvalue weighted by Gasteiger charge is 2.16. The molecule has 0 aliphatic rings. The predicted molar refractivity (Wildman–Crippen MR) is 92.9 cm³/mol. The number of hydrogen-bond acceptors (Lipinski definition) is 4. The maximum Gasteiger partial charge on any atom is 0.282 e. The summed E-state index contributed by atoms with van der Waals surface area (Å²) in [5.74, 6) is -0.386. The van der Waals surface area contributed by atoms with Gasteiger partial charge in [-0.25, -0.2) is 4.98 Å². The molecule has 0 aliphatic heterocycles. The Morgan fingerprint density at radius 1 is 1.43 bits per heavy atom. The van der Waals surface area contributed by atoms with Crippen molar-refractivity contribution in [2.75, 3.05) is 5.32 Å². The van der Waals surface area contributed by atoms with Gasteiger partial charge in [0, 0.05) is 21.7 Å². The zero-order chi connectivity index (χ0) is 16.6. The maximum atomic E-state index is 12.7. The highest BCUT2D eigenvalue weighted by Crippen LogP contribution is 2.18. The summed E-state index contributed by atoms with van der Waals surface area (Å²) in [4.78, 5) is 30.1. The average molecular weight is 348 g/mol. The lowest BCUT2D eigenvalue weighted by Gasteiger charge is -2.09. The molecule has 0 spiro atoms. The first kappa shape index (κ1) is 15.7. The summed E-state index contributed by atoms with van der Waals surface area (Å²) in [5.41, 5.74) is 1.69. The minimum Gasteiger partial charge on any atom is -0.316 e. The summed E-state index contributed by atoms with van der Waals surface area (Å²) in [6.07, 6.45) is 0.715. The van der Waals surface area contributed by atoms with E-state index in [1.165, 1.54) is 11.3 Å². The fraction of sp³-hybridized carbons (Fsp3) is 0.188. The second-order valence-corrected chi connectivity index (χ2v) is 6.31. The molecular weight excluding hydrogens is 334 g/mol. The minimum atomic E-state index is -0.386. The number of carbonyl (C=O) groups is 1. The lowest BCUT2D eigenvalue weighted by atomic mass is 10.2. The van der Waals surface area contributed by atoms with Crippen molar-refractivity contribution in [2.24, 2.45) is 0 Å². The SMILES string of the molecule is CCc1csc2nc(C)c(NC(=O)c3cccc(Cl)c3)c(=O)n12. The zero-order valence-electron chi connectivity index (χ0n) is 12.6. The van der Waals surface area contributed by atoms with Gasteiger partial charge < -0.3 is 5.32 Å². The molecular formula is C16H14ClN3O2S. The van der Waals surface area contributed by atoms with Gasteiger partial charge >= 0.3 is 0 Å². The molecule has 2 heterocycles. The number of rotatable bonds is 3. The molecule has 1 N–H and O–H groups in total. The highest BCUT2D eigenvalue weighted by molar-refractivity contribution is 7.15. The van der Waals surface area contributed by atoms with Crippen LogP contribution in [0.25, 0.3) is 4.96 Å². The van der Waals surface area contributed by atoms with Crippen LogP contribution in [-0.2, 0) is 6.42 Å².